The van der Waals surface area contributed by atoms with Gasteiger partial charge in [0.2, 0.25) is 0 Å². The molecule has 0 unspecified atom stereocenters. The van der Waals surface area contributed by atoms with Crippen LogP contribution in [-0.2, 0) is 21.1 Å². The largest absolute Gasteiger partial charge is 0.315 e. The van der Waals surface area contributed by atoms with E-state index >= 15 is 0 Å². The van der Waals surface area contributed by atoms with Gasteiger partial charge in [-0.15, -0.1) is 0 Å². The maximum atomic E-state index is 14.2. The quantitative estimate of drug-likeness (QED) is 0.711. The molecule has 2 aliphatic heterocycles. The summed E-state index contributed by atoms with van der Waals surface area (Å²) < 4.78 is 38.4. The highest BCUT2D eigenvalue weighted by molar-refractivity contribution is 8.16. The molecule has 0 radical (unpaired) electrons. The number of anilines is 1. The van der Waals surface area contributed by atoms with E-state index in [-0.39, 0.29) is 40.9 Å². The second-order valence-electron chi connectivity index (χ2n) is 7.20. The van der Waals surface area contributed by atoms with Crippen LogP contribution in [0.1, 0.15) is 11.1 Å². The van der Waals surface area contributed by atoms with Crippen molar-refractivity contribution in [1.82, 2.24) is 0 Å². The number of carbonyl (C=O) groups excluding carboxylic acids is 1. The van der Waals surface area contributed by atoms with E-state index in [0.717, 1.165) is 5.56 Å². The number of sulfone groups is 1. The number of thioether (sulfide) groups is 1. The zero-order valence-corrected chi connectivity index (χ0v) is 17.9. The predicted molar refractivity (Wildman–Crippen MR) is 115 cm³/mol. The van der Waals surface area contributed by atoms with Crippen molar-refractivity contribution in [3.8, 4) is 0 Å². The van der Waals surface area contributed by atoms with Crippen LogP contribution in [0.25, 0.3) is 0 Å². The van der Waals surface area contributed by atoms with Crippen LogP contribution in [-0.4, -0.2) is 42.3 Å². The highest BCUT2D eigenvalue weighted by atomic mass is 35.5. The monoisotopic (exact) mass is 452 g/mol. The van der Waals surface area contributed by atoms with E-state index in [0.29, 0.717) is 21.4 Å². The van der Waals surface area contributed by atoms with Gasteiger partial charge in [-0.1, -0.05) is 41.6 Å². The molecule has 0 aromatic heterocycles. The Morgan fingerprint density at radius 2 is 1.97 bits per heavy atom. The fourth-order valence-electron chi connectivity index (χ4n) is 3.52. The fourth-order valence-corrected chi connectivity index (χ4v) is 7.58. The second kappa shape index (κ2) is 7.74. The average molecular weight is 453 g/mol. The lowest BCUT2D eigenvalue weighted by Gasteiger charge is -2.24. The number of benzene rings is 2. The summed E-state index contributed by atoms with van der Waals surface area (Å²) in [6.45, 7) is 1.66. The number of halogens is 2. The first kappa shape index (κ1) is 20.4. The number of amides is 1. The van der Waals surface area contributed by atoms with Crippen LogP contribution >= 0.6 is 23.4 Å². The van der Waals surface area contributed by atoms with Crippen LogP contribution in [0.4, 0.5) is 10.1 Å². The Kier molecular flexibility index (Phi) is 5.44. The third kappa shape index (κ3) is 4.34. The summed E-state index contributed by atoms with van der Waals surface area (Å²) in [4.78, 5) is 18.5. The number of nitrogens with zero attached hydrogens (tertiary/aromatic N) is 2. The van der Waals surface area contributed by atoms with E-state index in [1.807, 2.05) is 0 Å². The van der Waals surface area contributed by atoms with Gasteiger partial charge in [0.05, 0.1) is 24.0 Å². The van der Waals surface area contributed by atoms with Gasteiger partial charge in [0.1, 0.15) is 5.82 Å². The topological polar surface area (TPSA) is 66.8 Å². The number of aryl methyl sites for hydroxylation is 1. The van der Waals surface area contributed by atoms with Crippen molar-refractivity contribution in [2.24, 2.45) is 4.99 Å². The van der Waals surface area contributed by atoms with E-state index in [4.69, 9.17) is 11.6 Å². The van der Waals surface area contributed by atoms with E-state index in [2.05, 4.69) is 4.99 Å². The lowest BCUT2D eigenvalue weighted by atomic mass is 10.1. The maximum Gasteiger partial charge on any atom is 0.252 e. The number of rotatable bonds is 3. The zero-order chi connectivity index (χ0) is 20.8. The molecule has 2 aliphatic rings. The smallest absolute Gasteiger partial charge is 0.252 e. The van der Waals surface area contributed by atoms with Gasteiger partial charge in [-0.2, -0.15) is 4.99 Å². The molecule has 152 valence electrons. The Balaban J connectivity index is 1.65. The summed E-state index contributed by atoms with van der Waals surface area (Å²) >= 11 is 7.14. The Hall–Kier alpha value is -1.90. The lowest BCUT2D eigenvalue weighted by Crippen LogP contribution is -2.37. The van der Waals surface area contributed by atoms with Crippen molar-refractivity contribution in [2.75, 3.05) is 16.4 Å². The van der Waals surface area contributed by atoms with Crippen LogP contribution in [0, 0.1) is 12.7 Å². The number of amidine groups is 1. The minimum atomic E-state index is -3.18. The summed E-state index contributed by atoms with van der Waals surface area (Å²) in [6, 6.07) is 11.3. The molecule has 0 N–H and O–H groups in total. The Bertz CT molecular complexity index is 1100. The first-order valence-electron chi connectivity index (χ1n) is 9.00. The minimum absolute atomic E-state index is 0.0254. The Labute approximate surface area is 177 Å². The van der Waals surface area contributed by atoms with Crippen molar-refractivity contribution in [2.45, 2.75) is 24.6 Å². The average Bonchev–Trinajstić information content (AvgIpc) is 3.10. The number of carbonyl (C=O) groups is 1. The number of hydrogen-bond donors (Lipinski definition) is 0. The van der Waals surface area contributed by atoms with Gasteiger partial charge in [0.25, 0.3) is 5.91 Å². The molecule has 1 amide bonds. The molecule has 2 fully saturated rings. The molecule has 5 nitrogen and oxygen atoms in total. The molecule has 29 heavy (non-hydrogen) atoms. The third-order valence-corrected chi connectivity index (χ3v) is 8.45. The Morgan fingerprint density at radius 3 is 2.66 bits per heavy atom. The standard InChI is InChI=1S/C20H18ClFN2O3S2/c1-12-2-7-15(9-16(12)22)24-17-10-29(26,27)11-18(17)28-20(24)23-19(25)8-13-3-5-14(21)6-4-13/h2-7,9,17-18H,8,10-11H2,1H3/t17-,18-/m0/s1. The van der Waals surface area contributed by atoms with Gasteiger partial charge < -0.3 is 4.90 Å². The molecule has 0 saturated carbocycles. The fraction of sp³-hybridized carbons (Fsp3) is 0.300. The number of hydrogen-bond acceptors (Lipinski definition) is 4. The van der Waals surface area contributed by atoms with E-state index in [9.17, 15) is 17.6 Å². The molecule has 2 aromatic rings. The molecule has 9 heteroatoms. The van der Waals surface area contributed by atoms with Gasteiger partial charge in [0.15, 0.2) is 15.0 Å². The lowest BCUT2D eigenvalue weighted by molar-refractivity contribution is -0.117. The minimum Gasteiger partial charge on any atom is -0.315 e. The number of aliphatic imine (C=N–C) groups is 1. The van der Waals surface area contributed by atoms with E-state index < -0.39 is 9.84 Å². The molecular formula is C20H18ClFN2O3S2. The first-order chi connectivity index (χ1) is 13.7. The van der Waals surface area contributed by atoms with E-state index in [1.54, 1.807) is 48.2 Å². The van der Waals surface area contributed by atoms with Crippen molar-refractivity contribution >= 4 is 50.0 Å². The molecule has 2 atom stereocenters. The molecule has 0 spiro atoms. The van der Waals surface area contributed by atoms with Crippen LogP contribution in [0.3, 0.4) is 0 Å². The molecule has 0 aliphatic carbocycles. The van der Waals surface area contributed by atoms with Crippen molar-refractivity contribution < 1.29 is 17.6 Å². The molecule has 2 saturated heterocycles. The molecule has 0 bridgehead atoms. The molecule has 4 rings (SSSR count). The van der Waals surface area contributed by atoms with Crippen molar-refractivity contribution in [3.05, 3.63) is 64.4 Å². The summed E-state index contributed by atoms with van der Waals surface area (Å²) in [5.74, 6) is -0.749. The normalized spacial score (nSPS) is 24.1. The van der Waals surface area contributed by atoms with Crippen LogP contribution in [0.5, 0.6) is 0 Å². The Morgan fingerprint density at radius 1 is 1.24 bits per heavy atom. The van der Waals surface area contributed by atoms with Gasteiger partial charge in [-0.3, -0.25) is 4.79 Å². The molecule has 2 heterocycles. The highest BCUT2D eigenvalue weighted by Gasteiger charge is 2.49. The van der Waals surface area contributed by atoms with Gasteiger partial charge >= 0.3 is 0 Å². The summed E-state index contributed by atoms with van der Waals surface area (Å²) in [7, 11) is -3.18. The number of fused-ring (bicyclic) bond motifs is 1. The van der Waals surface area contributed by atoms with Crippen LogP contribution < -0.4 is 4.90 Å². The van der Waals surface area contributed by atoms with Crippen molar-refractivity contribution in [3.63, 3.8) is 0 Å². The van der Waals surface area contributed by atoms with Gasteiger partial charge in [-0.05, 0) is 42.3 Å². The second-order valence-corrected chi connectivity index (χ2v) is 11.0. The van der Waals surface area contributed by atoms with Crippen LogP contribution in [0.2, 0.25) is 5.02 Å². The summed E-state index contributed by atoms with van der Waals surface area (Å²) in [5.41, 5.74) is 1.78. The van der Waals surface area contributed by atoms with Crippen LogP contribution in [0.15, 0.2) is 47.5 Å². The maximum absolute atomic E-state index is 14.2. The van der Waals surface area contributed by atoms with Gasteiger partial charge in [0, 0.05) is 16.0 Å². The molecular weight excluding hydrogens is 435 g/mol. The third-order valence-electron chi connectivity index (χ3n) is 4.99. The van der Waals surface area contributed by atoms with Gasteiger partial charge in [-0.25, -0.2) is 12.8 Å². The highest BCUT2D eigenvalue weighted by Crippen LogP contribution is 2.41. The summed E-state index contributed by atoms with van der Waals surface area (Å²) in [5, 5.41) is 0.768. The molecule has 2 aromatic carbocycles. The zero-order valence-electron chi connectivity index (χ0n) is 15.5. The SMILES string of the molecule is Cc1ccc(N2C(=NC(=O)Cc3ccc(Cl)cc3)S[C@H]3CS(=O)(=O)C[C@@H]32)cc1F. The predicted octanol–water partition coefficient (Wildman–Crippen LogP) is 3.63. The van der Waals surface area contributed by atoms with Crippen molar-refractivity contribution in [1.29, 1.82) is 0 Å². The van der Waals surface area contributed by atoms with E-state index in [1.165, 1.54) is 17.8 Å². The first-order valence-corrected chi connectivity index (χ1v) is 12.1. The summed E-state index contributed by atoms with van der Waals surface area (Å²) in [6.07, 6.45) is 0.102.